The molecule has 20 heavy (non-hydrogen) atoms. The summed E-state index contributed by atoms with van der Waals surface area (Å²) in [6.45, 7) is 4.24. The van der Waals surface area contributed by atoms with E-state index in [2.05, 4.69) is 27.4 Å². The number of nitrogens with zero attached hydrogens (tertiary/aromatic N) is 2. The molecule has 0 atom stereocenters. The van der Waals surface area contributed by atoms with Gasteiger partial charge in [-0.3, -0.25) is 4.79 Å². The number of carbonyl (C=O) groups is 1. The van der Waals surface area contributed by atoms with Gasteiger partial charge >= 0.3 is 5.97 Å². The predicted molar refractivity (Wildman–Crippen MR) is 84.1 cm³/mol. The molecule has 2 rings (SSSR count). The maximum absolute atomic E-state index is 11.2. The number of rotatable bonds is 6. The van der Waals surface area contributed by atoms with Gasteiger partial charge in [-0.2, -0.15) is 0 Å². The minimum Gasteiger partial charge on any atom is -0.481 e. The lowest BCUT2D eigenvalue weighted by Gasteiger charge is -2.17. The number of carboxylic acids is 1. The molecule has 0 saturated heterocycles. The average molecular weight is 310 g/mol. The van der Waals surface area contributed by atoms with Crippen LogP contribution in [0.5, 0.6) is 0 Å². The Kier molecular flexibility index (Phi) is 4.45. The first-order chi connectivity index (χ1) is 9.41. The zero-order valence-corrected chi connectivity index (χ0v) is 13.4. The maximum atomic E-state index is 11.2. The summed E-state index contributed by atoms with van der Waals surface area (Å²) in [5, 5.41) is 14.0. The monoisotopic (exact) mass is 310 g/mol. The van der Waals surface area contributed by atoms with Crippen LogP contribution >= 0.6 is 22.7 Å². The Bertz CT molecular complexity index is 576. The second kappa shape index (κ2) is 5.93. The third-order valence-corrected chi connectivity index (χ3v) is 5.16. The molecule has 0 fully saturated rings. The van der Waals surface area contributed by atoms with Crippen molar-refractivity contribution in [2.24, 2.45) is 0 Å². The van der Waals surface area contributed by atoms with Gasteiger partial charge < -0.3 is 10.0 Å². The zero-order valence-electron chi connectivity index (χ0n) is 11.8. The lowest BCUT2D eigenvalue weighted by atomic mass is 9.90. The molecule has 0 amide bonds. The van der Waals surface area contributed by atoms with Crippen LogP contribution in [0, 0.1) is 0 Å². The van der Waals surface area contributed by atoms with Crippen LogP contribution in [0.1, 0.15) is 24.4 Å². The molecule has 0 aliphatic carbocycles. The first-order valence-corrected chi connectivity index (χ1v) is 8.10. The maximum Gasteiger partial charge on any atom is 0.315 e. The highest BCUT2D eigenvalue weighted by Crippen LogP contribution is 2.29. The summed E-state index contributed by atoms with van der Waals surface area (Å²) in [7, 11) is 1.99. The molecule has 108 valence electrons. The van der Waals surface area contributed by atoms with Gasteiger partial charge in [-0.25, -0.2) is 4.98 Å². The van der Waals surface area contributed by atoms with Crippen molar-refractivity contribution in [2.45, 2.75) is 25.7 Å². The van der Waals surface area contributed by atoms with Crippen LogP contribution < -0.4 is 4.90 Å². The summed E-state index contributed by atoms with van der Waals surface area (Å²) < 4.78 is 0. The number of thiazole rings is 1. The van der Waals surface area contributed by atoms with Gasteiger partial charge in [0.1, 0.15) is 5.41 Å². The van der Waals surface area contributed by atoms with E-state index in [0.717, 1.165) is 18.1 Å². The van der Waals surface area contributed by atoms with Gasteiger partial charge in [-0.15, -0.1) is 22.7 Å². The van der Waals surface area contributed by atoms with Crippen LogP contribution in [-0.2, 0) is 16.6 Å². The standard InChI is InChI=1S/C14H18N2O2S2/c1-14(2,12(17)18)11-9-20-13(15-11)16(3)7-6-10-5-4-8-19-10/h4-5,8-9H,6-7H2,1-3H3,(H,17,18). The third kappa shape index (κ3) is 3.19. The lowest BCUT2D eigenvalue weighted by molar-refractivity contribution is -0.142. The van der Waals surface area contributed by atoms with E-state index in [0.29, 0.717) is 5.69 Å². The molecule has 1 N–H and O–H groups in total. The van der Waals surface area contributed by atoms with Crippen molar-refractivity contribution in [1.29, 1.82) is 0 Å². The van der Waals surface area contributed by atoms with Crippen LogP contribution in [0.3, 0.4) is 0 Å². The average Bonchev–Trinajstić information content (AvgIpc) is 3.07. The Morgan fingerprint density at radius 1 is 1.45 bits per heavy atom. The van der Waals surface area contributed by atoms with E-state index in [1.807, 2.05) is 12.4 Å². The molecular weight excluding hydrogens is 292 g/mol. The van der Waals surface area contributed by atoms with E-state index >= 15 is 0 Å². The number of hydrogen-bond acceptors (Lipinski definition) is 5. The van der Waals surface area contributed by atoms with E-state index in [4.69, 9.17) is 0 Å². The first kappa shape index (κ1) is 15.0. The second-order valence-corrected chi connectivity index (χ2v) is 7.07. The number of likely N-dealkylation sites (N-methyl/N-ethyl adjacent to an activating group) is 1. The Morgan fingerprint density at radius 2 is 2.20 bits per heavy atom. The summed E-state index contributed by atoms with van der Waals surface area (Å²) in [6.07, 6.45) is 0.978. The molecule has 0 bridgehead atoms. The molecule has 6 heteroatoms. The topological polar surface area (TPSA) is 53.4 Å². The van der Waals surface area contributed by atoms with Crippen molar-refractivity contribution < 1.29 is 9.90 Å². The molecule has 0 spiro atoms. The molecule has 2 heterocycles. The zero-order chi connectivity index (χ0) is 14.8. The molecule has 0 aliphatic rings. The summed E-state index contributed by atoms with van der Waals surface area (Å²) in [5.41, 5.74) is -0.323. The summed E-state index contributed by atoms with van der Waals surface area (Å²) in [6, 6.07) is 4.18. The van der Waals surface area contributed by atoms with Gasteiger partial charge in [0.2, 0.25) is 0 Å². The van der Waals surface area contributed by atoms with Crippen molar-refractivity contribution in [1.82, 2.24) is 4.98 Å². The molecule has 2 aromatic heterocycles. The van der Waals surface area contributed by atoms with E-state index in [1.165, 1.54) is 16.2 Å². The van der Waals surface area contributed by atoms with Crippen LogP contribution in [0.15, 0.2) is 22.9 Å². The van der Waals surface area contributed by atoms with Crippen molar-refractivity contribution in [3.05, 3.63) is 33.5 Å². The number of thiophene rings is 1. The van der Waals surface area contributed by atoms with Crippen LogP contribution in [0.25, 0.3) is 0 Å². The Labute approximate surface area is 126 Å². The fraction of sp³-hybridized carbons (Fsp3) is 0.429. The minimum absolute atomic E-state index is 0.618. The number of carboxylic acid groups (broad SMARTS) is 1. The van der Waals surface area contributed by atoms with Gasteiger partial charge in [0, 0.05) is 23.8 Å². The molecule has 0 saturated carbocycles. The van der Waals surface area contributed by atoms with Gasteiger partial charge in [0.15, 0.2) is 5.13 Å². The molecule has 0 unspecified atom stereocenters. The van der Waals surface area contributed by atoms with E-state index < -0.39 is 11.4 Å². The largest absolute Gasteiger partial charge is 0.481 e. The van der Waals surface area contributed by atoms with E-state index in [-0.39, 0.29) is 0 Å². The smallest absolute Gasteiger partial charge is 0.315 e. The Hall–Kier alpha value is -1.40. The highest BCUT2D eigenvalue weighted by molar-refractivity contribution is 7.13. The third-order valence-electron chi connectivity index (χ3n) is 3.27. The number of hydrogen-bond donors (Lipinski definition) is 1. The van der Waals surface area contributed by atoms with Gasteiger partial charge in [-0.05, 0) is 31.7 Å². The predicted octanol–water partition coefficient (Wildman–Crippen LogP) is 3.25. The fourth-order valence-electron chi connectivity index (χ4n) is 1.66. The molecule has 0 aliphatic heterocycles. The minimum atomic E-state index is -0.941. The quantitative estimate of drug-likeness (QED) is 0.890. The Morgan fingerprint density at radius 3 is 2.80 bits per heavy atom. The summed E-state index contributed by atoms with van der Waals surface area (Å²) in [5.74, 6) is -0.851. The van der Waals surface area contributed by atoms with E-state index in [9.17, 15) is 9.90 Å². The summed E-state index contributed by atoms with van der Waals surface area (Å²) in [4.78, 5) is 19.1. The van der Waals surface area contributed by atoms with Crippen LogP contribution in [0.4, 0.5) is 5.13 Å². The summed E-state index contributed by atoms with van der Waals surface area (Å²) >= 11 is 3.25. The molecular formula is C14H18N2O2S2. The van der Waals surface area contributed by atoms with Gasteiger partial charge in [0.25, 0.3) is 0 Å². The number of aliphatic carboxylic acids is 1. The first-order valence-electron chi connectivity index (χ1n) is 6.34. The highest BCUT2D eigenvalue weighted by Gasteiger charge is 2.32. The lowest BCUT2D eigenvalue weighted by Crippen LogP contribution is -2.29. The van der Waals surface area contributed by atoms with Crippen LogP contribution in [0.2, 0.25) is 0 Å². The van der Waals surface area contributed by atoms with Gasteiger partial charge in [-0.1, -0.05) is 6.07 Å². The van der Waals surface area contributed by atoms with E-state index in [1.54, 1.807) is 25.2 Å². The second-order valence-electron chi connectivity index (χ2n) is 5.20. The normalized spacial score (nSPS) is 11.6. The van der Waals surface area contributed by atoms with Crippen molar-refractivity contribution in [2.75, 3.05) is 18.5 Å². The van der Waals surface area contributed by atoms with Gasteiger partial charge in [0.05, 0.1) is 5.69 Å². The number of aromatic nitrogens is 1. The molecule has 2 aromatic rings. The molecule has 0 aromatic carbocycles. The highest BCUT2D eigenvalue weighted by atomic mass is 32.1. The van der Waals surface area contributed by atoms with Crippen molar-refractivity contribution in [3.8, 4) is 0 Å². The number of anilines is 1. The van der Waals surface area contributed by atoms with Crippen molar-refractivity contribution >= 4 is 33.8 Å². The Balaban J connectivity index is 2.03. The molecule has 4 nitrogen and oxygen atoms in total. The van der Waals surface area contributed by atoms with Crippen molar-refractivity contribution in [3.63, 3.8) is 0 Å². The SMILES string of the molecule is CN(CCc1cccs1)c1nc(C(C)(C)C(=O)O)cs1. The van der Waals surface area contributed by atoms with Crippen LogP contribution in [-0.4, -0.2) is 29.7 Å². The molecule has 0 radical (unpaired) electrons. The fourth-order valence-corrected chi connectivity index (χ4v) is 3.35.